The smallest absolute Gasteiger partial charge is 0.328 e. The highest BCUT2D eigenvalue weighted by Gasteiger charge is 2.11. The van der Waals surface area contributed by atoms with Gasteiger partial charge in [-0.1, -0.05) is 18.2 Å². The summed E-state index contributed by atoms with van der Waals surface area (Å²) in [5.41, 5.74) is 7.09. The molecule has 21 heavy (non-hydrogen) atoms. The van der Waals surface area contributed by atoms with E-state index in [1.165, 1.54) is 11.0 Å². The molecule has 2 N–H and O–H groups in total. The van der Waals surface area contributed by atoms with Crippen LogP contribution >= 0.6 is 0 Å². The Bertz CT molecular complexity index is 791. The summed E-state index contributed by atoms with van der Waals surface area (Å²) < 4.78 is 8.31. The summed E-state index contributed by atoms with van der Waals surface area (Å²) in [6.07, 6.45) is 1.38. The molecule has 0 aliphatic rings. The zero-order chi connectivity index (χ0) is 14.8. The fourth-order valence-corrected chi connectivity index (χ4v) is 2.11. The SMILES string of the molecule is Cn1nc(COC(=O)Cn2cnc(N)n2)c2ccccc21. The van der Waals surface area contributed by atoms with Gasteiger partial charge < -0.3 is 10.5 Å². The molecule has 2 aromatic heterocycles. The molecule has 2 heterocycles. The molecule has 0 saturated heterocycles. The highest BCUT2D eigenvalue weighted by Crippen LogP contribution is 2.18. The zero-order valence-corrected chi connectivity index (χ0v) is 11.4. The number of aromatic nitrogens is 5. The number of hydrogen-bond acceptors (Lipinski definition) is 6. The van der Waals surface area contributed by atoms with Crippen molar-refractivity contribution in [2.75, 3.05) is 5.73 Å². The topological polar surface area (TPSA) is 101 Å². The second-order valence-corrected chi connectivity index (χ2v) is 4.55. The average Bonchev–Trinajstić information content (AvgIpc) is 3.01. The van der Waals surface area contributed by atoms with Crippen molar-refractivity contribution in [2.24, 2.45) is 7.05 Å². The first-order chi connectivity index (χ1) is 10.1. The number of nitrogen functional groups attached to an aromatic ring is 1. The van der Waals surface area contributed by atoms with Gasteiger partial charge in [-0.25, -0.2) is 9.67 Å². The third-order valence-electron chi connectivity index (χ3n) is 3.05. The molecule has 0 aliphatic carbocycles. The van der Waals surface area contributed by atoms with Crippen molar-refractivity contribution in [3.63, 3.8) is 0 Å². The molecule has 0 amide bonds. The van der Waals surface area contributed by atoms with Crippen LogP contribution in [0.4, 0.5) is 5.95 Å². The maximum Gasteiger partial charge on any atom is 0.328 e. The minimum absolute atomic E-state index is 0.0328. The monoisotopic (exact) mass is 286 g/mol. The first-order valence-electron chi connectivity index (χ1n) is 6.34. The van der Waals surface area contributed by atoms with E-state index < -0.39 is 5.97 Å². The van der Waals surface area contributed by atoms with E-state index in [0.29, 0.717) is 0 Å². The van der Waals surface area contributed by atoms with Crippen LogP contribution in [0, 0.1) is 0 Å². The second-order valence-electron chi connectivity index (χ2n) is 4.55. The second kappa shape index (κ2) is 5.23. The maximum absolute atomic E-state index is 11.8. The molecule has 108 valence electrons. The lowest BCUT2D eigenvalue weighted by Crippen LogP contribution is -2.14. The van der Waals surface area contributed by atoms with E-state index in [9.17, 15) is 4.79 Å². The fourth-order valence-electron chi connectivity index (χ4n) is 2.11. The van der Waals surface area contributed by atoms with Gasteiger partial charge in [0.1, 0.15) is 25.2 Å². The maximum atomic E-state index is 11.8. The van der Waals surface area contributed by atoms with Crippen LogP contribution in [0.1, 0.15) is 5.69 Å². The lowest BCUT2D eigenvalue weighted by Gasteiger charge is -2.02. The summed E-state index contributed by atoms with van der Waals surface area (Å²) in [6.45, 7) is 0.0827. The number of nitrogens with zero attached hydrogens (tertiary/aromatic N) is 5. The van der Waals surface area contributed by atoms with E-state index >= 15 is 0 Å². The minimum atomic E-state index is -0.422. The van der Waals surface area contributed by atoms with E-state index in [1.54, 1.807) is 4.68 Å². The first-order valence-corrected chi connectivity index (χ1v) is 6.34. The number of benzene rings is 1. The molecule has 0 saturated carbocycles. The van der Waals surface area contributed by atoms with Crippen molar-refractivity contribution in [3.8, 4) is 0 Å². The average molecular weight is 286 g/mol. The molecule has 3 rings (SSSR count). The number of ether oxygens (including phenoxy) is 1. The van der Waals surface area contributed by atoms with E-state index in [4.69, 9.17) is 10.5 Å². The molecule has 0 unspecified atom stereocenters. The van der Waals surface area contributed by atoms with Crippen LogP contribution in [0.5, 0.6) is 0 Å². The van der Waals surface area contributed by atoms with Gasteiger partial charge in [-0.2, -0.15) is 5.10 Å². The Balaban J connectivity index is 1.67. The lowest BCUT2D eigenvalue weighted by atomic mass is 10.2. The van der Waals surface area contributed by atoms with E-state index in [-0.39, 0.29) is 19.1 Å². The highest BCUT2D eigenvalue weighted by molar-refractivity contribution is 5.82. The Morgan fingerprint density at radius 1 is 1.33 bits per heavy atom. The normalized spacial score (nSPS) is 10.9. The zero-order valence-electron chi connectivity index (χ0n) is 11.4. The molecule has 3 aromatic rings. The number of aryl methyl sites for hydroxylation is 1. The summed E-state index contributed by atoms with van der Waals surface area (Å²) in [6, 6.07) is 7.78. The predicted octanol–water partition coefficient (Wildman–Crippen LogP) is 0.490. The van der Waals surface area contributed by atoms with Gasteiger partial charge in [0.15, 0.2) is 0 Å². The van der Waals surface area contributed by atoms with E-state index in [0.717, 1.165) is 16.6 Å². The van der Waals surface area contributed by atoms with Crippen molar-refractivity contribution in [3.05, 3.63) is 36.3 Å². The van der Waals surface area contributed by atoms with Crippen LogP contribution in [0.3, 0.4) is 0 Å². The summed E-state index contributed by atoms with van der Waals surface area (Å²) in [4.78, 5) is 15.5. The molecule has 0 atom stereocenters. The van der Waals surface area contributed by atoms with Gasteiger partial charge in [0.05, 0.1) is 5.52 Å². The molecule has 0 aliphatic heterocycles. The Hall–Kier alpha value is -2.90. The number of anilines is 1. The molecule has 8 nitrogen and oxygen atoms in total. The number of para-hydroxylation sites is 1. The third-order valence-corrected chi connectivity index (χ3v) is 3.05. The van der Waals surface area contributed by atoms with Crippen LogP contribution in [-0.2, 0) is 29.7 Å². The minimum Gasteiger partial charge on any atom is -0.458 e. The number of carbonyl (C=O) groups excluding carboxylic acids is 1. The van der Waals surface area contributed by atoms with Crippen LogP contribution in [0.2, 0.25) is 0 Å². The highest BCUT2D eigenvalue weighted by atomic mass is 16.5. The van der Waals surface area contributed by atoms with Gasteiger partial charge in [0.25, 0.3) is 0 Å². The molecule has 0 radical (unpaired) electrons. The molecule has 0 fully saturated rings. The van der Waals surface area contributed by atoms with E-state index in [2.05, 4.69) is 15.2 Å². The standard InChI is InChI=1S/C13H14N6O2/c1-18-11-5-3-2-4-9(11)10(16-18)7-21-12(20)6-19-8-15-13(14)17-19/h2-5,8H,6-7H2,1H3,(H2,14,17). The van der Waals surface area contributed by atoms with Gasteiger partial charge in [0.2, 0.25) is 5.95 Å². The van der Waals surface area contributed by atoms with Gasteiger partial charge in [-0.05, 0) is 6.07 Å². The Kier molecular flexibility index (Phi) is 3.27. The third kappa shape index (κ3) is 2.69. The number of esters is 1. The van der Waals surface area contributed by atoms with Crippen LogP contribution < -0.4 is 5.73 Å². The molecule has 8 heteroatoms. The van der Waals surface area contributed by atoms with Crippen molar-refractivity contribution in [1.29, 1.82) is 0 Å². The van der Waals surface area contributed by atoms with E-state index in [1.807, 2.05) is 31.3 Å². The van der Waals surface area contributed by atoms with Crippen LogP contribution in [0.15, 0.2) is 30.6 Å². The summed E-state index contributed by atoms with van der Waals surface area (Å²) >= 11 is 0. The van der Waals surface area contributed by atoms with Gasteiger partial charge >= 0.3 is 5.97 Å². The lowest BCUT2D eigenvalue weighted by molar-refractivity contribution is -0.146. The summed E-state index contributed by atoms with van der Waals surface area (Å²) in [5, 5.41) is 9.15. The van der Waals surface area contributed by atoms with Crippen LogP contribution in [0.25, 0.3) is 10.9 Å². The van der Waals surface area contributed by atoms with Gasteiger partial charge in [0, 0.05) is 12.4 Å². The predicted molar refractivity (Wildman–Crippen MR) is 74.9 cm³/mol. The number of rotatable bonds is 4. The largest absolute Gasteiger partial charge is 0.458 e. The van der Waals surface area contributed by atoms with Crippen molar-refractivity contribution < 1.29 is 9.53 Å². The first kappa shape index (κ1) is 13.1. The number of nitrogens with two attached hydrogens (primary N) is 1. The van der Waals surface area contributed by atoms with Gasteiger partial charge in [-0.3, -0.25) is 9.48 Å². The van der Waals surface area contributed by atoms with Crippen molar-refractivity contribution in [2.45, 2.75) is 13.2 Å². The van der Waals surface area contributed by atoms with Gasteiger partial charge in [-0.15, -0.1) is 5.10 Å². The molecule has 0 spiro atoms. The van der Waals surface area contributed by atoms with Crippen molar-refractivity contribution >= 4 is 22.8 Å². The quantitative estimate of drug-likeness (QED) is 0.700. The van der Waals surface area contributed by atoms with Crippen LogP contribution in [-0.4, -0.2) is 30.5 Å². The Labute approximate surface area is 120 Å². The molecule has 0 bridgehead atoms. The molecular weight excluding hydrogens is 272 g/mol. The number of fused-ring (bicyclic) bond motifs is 1. The molecule has 1 aromatic carbocycles. The fraction of sp³-hybridized carbons (Fsp3) is 0.231. The molecular formula is C13H14N6O2. The van der Waals surface area contributed by atoms with Crippen molar-refractivity contribution in [1.82, 2.24) is 24.5 Å². The Morgan fingerprint density at radius 3 is 2.90 bits per heavy atom. The number of hydrogen-bond donors (Lipinski definition) is 1. The number of carbonyl (C=O) groups is 1. The summed E-state index contributed by atoms with van der Waals surface area (Å²) in [5.74, 6) is -0.298. The Morgan fingerprint density at radius 2 is 2.14 bits per heavy atom. The summed E-state index contributed by atoms with van der Waals surface area (Å²) in [7, 11) is 1.85.